The minimum absolute atomic E-state index is 0.0983. The number of rotatable bonds is 4. The normalized spacial score (nSPS) is 20.4. The van der Waals surface area contributed by atoms with Crippen LogP contribution in [0.1, 0.15) is 28.6 Å². The van der Waals surface area contributed by atoms with E-state index in [4.69, 9.17) is 9.15 Å². The first-order valence-electron chi connectivity index (χ1n) is 11.7. The molecule has 37 heavy (non-hydrogen) atoms. The minimum Gasteiger partial charge on any atom is -0.497 e. The number of fused-ring (bicyclic) bond motifs is 2. The molecule has 0 radical (unpaired) electrons. The van der Waals surface area contributed by atoms with Crippen LogP contribution in [0.25, 0.3) is 11.0 Å². The van der Waals surface area contributed by atoms with Gasteiger partial charge in [-0.05, 0) is 43.7 Å². The lowest BCUT2D eigenvalue weighted by molar-refractivity contribution is -0.123. The van der Waals surface area contributed by atoms with Gasteiger partial charge in [0.25, 0.3) is 11.8 Å². The summed E-state index contributed by atoms with van der Waals surface area (Å²) in [6.45, 7) is 5.33. The Hall–Kier alpha value is -4.61. The summed E-state index contributed by atoms with van der Waals surface area (Å²) in [7, 11) is 1.54. The van der Waals surface area contributed by atoms with Gasteiger partial charge in [0.1, 0.15) is 28.4 Å². The highest BCUT2D eigenvalue weighted by Gasteiger charge is 2.45. The van der Waals surface area contributed by atoms with Crippen molar-refractivity contribution in [1.29, 1.82) is 0 Å². The van der Waals surface area contributed by atoms with Crippen molar-refractivity contribution < 1.29 is 28.3 Å². The molecular weight excluding hydrogens is 480 g/mol. The number of aryl methyl sites for hydroxylation is 1. The largest absolute Gasteiger partial charge is 0.497 e. The SMILES string of the molecule is COc1ccc2c(c1)C(=O)N(C[C@@]1(C)NC(=O)NC1=O)C2.Cc1cc2c(N3CCNC3=O)nccc2o1. The number of benzene rings is 1. The van der Waals surface area contributed by atoms with Gasteiger partial charge >= 0.3 is 12.1 Å². The molecule has 3 aromatic rings. The third kappa shape index (κ3) is 4.41. The van der Waals surface area contributed by atoms with Gasteiger partial charge in [-0.1, -0.05) is 6.07 Å². The van der Waals surface area contributed by atoms with Crippen molar-refractivity contribution in [3.8, 4) is 5.75 Å². The molecule has 0 spiro atoms. The van der Waals surface area contributed by atoms with Crippen molar-refractivity contribution in [3.63, 3.8) is 0 Å². The number of carbonyl (C=O) groups is 4. The summed E-state index contributed by atoms with van der Waals surface area (Å²) < 4.78 is 10.6. The summed E-state index contributed by atoms with van der Waals surface area (Å²) in [6.07, 6.45) is 1.66. The Kier molecular flexibility index (Phi) is 5.94. The molecule has 5 heterocycles. The maximum atomic E-state index is 12.4. The zero-order chi connectivity index (χ0) is 26.3. The highest BCUT2D eigenvalue weighted by molar-refractivity contribution is 6.07. The minimum atomic E-state index is -1.10. The van der Waals surface area contributed by atoms with Crippen LogP contribution in [0, 0.1) is 6.92 Å². The molecule has 3 aliphatic rings. The molecule has 0 bridgehead atoms. The second kappa shape index (κ2) is 9.12. The fourth-order valence-corrected chi connectivity index (χ4v) is 4.63. The van der Waals surface area contributed by atoms with Crippen molar-refractivity contribution in [1.82, 2.24) is 25.8 Å². The van der Waals surface area contributed by atoms with Crippen LogP contribution in [0.2, 0.25) is 0 Å². The Morgan fingerprint density at radius 2 is 1.97 bits per heavy atom. The molecule has 12 nitrogen and oxygen atoms in total. The number of methoxy groups -OCH3 is 1. The van der Waals surface area contributed by atoms with E-state index in [1.54, 1.807) is 48.2 Å². The molecule has 2 aromatic heterocycles. The van der Waals surface area contributed by atoms with Gasteiger partial charge in [-0.15, -0.1) is 0 Å². The second-order valence-electron chi connectivity index (χ2n) is 9.21. The predicted octanol–water partition coefficient (Wildman–Crippen LogP) is 1.91. The molecule has 12 heteroatoms. The first-order chi connectivity index (χ1) is 17.7. The van der Waals surface area contributed by atoms with E-state index in [1.165, 1.54) is 0 Å². The summed E-state index contributed by atoms with van der Waals surface area (Å²) in [4.78, 5) is 54.5. The number of imide groups is 1. The molecule has 0 saturated carbocycles. The Morgan fingerprint density at radius 3 is 2.65 bits per heavy atom. The van der Waals surface area contributed by atoms with Crippen LogP contribution in [0.5, 0.6) is 5.75 Å². The molecule has 6 amide bonds. The number of anilines is 1. The molecule has 1 atom stereocenters. The number of aromatic nitrogens is 1. The third-order valence-electron chi connectivity index (χ3n) is 6.48. The van der Waals surface area contributed by atoms with Gasteiger partial charge in [-0.3, -0.25) is 19.8 Å². The Bertz CT molecular complexity index is 1430. The lowest BCUT2D eigenvalue weighted by Crippen LogP contribution is -2.52. The number of carbonyl (C=O) groups excluding carboxylic acids is 4. The van der Waals surface area contributed by atoms with Crippen LogP contribution >= 0.6 is 0 Å². The van der Waals surface area contributed by atoms with Crippen LogP contribution in [0.3, 0.4) is 0 Å². The molecule has 3 aliphatic heterocycles. The van der Waals surface area contributed by atoms with Crippen molar-refractivity contribution in [2.24, 2.45) is 0 Å². The second-order valence-corrected chi connectivity index (χ2v) is 9.21. The Morgan fingerprint density at radius 1 is 1.16 bits per heavy atom. The number of furan rings is 1. The van der Waals surface area contributed by atoms with Gasteiger partial charge in [0.05, 0.1) is 19.0 Å². The van der Waals surface area contributed by atoms with Crippen LogP contribution in [-0.4, -0.2) is 66.0 Å². The quantitative estimate of drug-likeness (QED) is 0.458. The van der Waals surface area contributed by atoms with Gasteiger partial charge in [0.15, 0.2) is 0 Å². The predicted molar refractivity (Wildman–Crippen MR) is 132 cm³/mol. The van der Waals surface area contributed by atoms with E-state index in [0.29, 0.717) is 36.8 Å². The van der Waals surface area contributed by atoms with Crippen LogP contribution in [0.4, 0.5) is 15.4 Å². The number of hydrogen-bond donors (Lipinski definition) is 3. The number of pyridine rings is 1. The smallest absolute Gasteiger partial charge is 0.323 e. The Balaban J connectivity index is 0.000000157. The topological polar surface area (TPSA) is 146 Å². The summed E-state index contributed by atoms with van der Waals surface area (Å²) in [5.74, 6) is 1.52. The van der Waals surface area contributed by atoms with Gasteiger partial charge in [0, 0.05) is 31.4 Å². The average molecular weight is 507 g/mol. The lowest BCUT2D eigenvalue weighted by atomic mass is 10.0. The van der Waals surface area contributed by atoms with E-state index in [9.17, 15) is 19.2 Å². The fourth-order valence-electron chi connectivity index (χ4n) is 4.63. The van der Waals surface area contributed by atoms with Crippen molar-refractivity contribution in [3.05, 3.63) is 53.4 Å². The first-order valence-corrected chi connectivity index (χ1v) is 11.7. The molecule has 3 N–H and O–H groups in total. The van der Waals surface area contributed by atoms with Crippen molar-refractivity contribution in [2.75, 3.05) is 31.6 Å². The maximum absolute atomic E-state index is 12.4. The van der Waals surface area contributed by atoms with E-state index in [-0.39, 0.29) is 18.5 Å². The van der Waals surface area contributed by atoms with Crippen LogP contribution < -0.4 is 25.6 Å². The molecular formula is C25H26N6O6. The summed E-state index contributed by atoms with van der Waals surface area (Å²) in [6, 6.07) is 8.40. The van der Waals surface area contributed by atoms with Gasteiger partial charge < -0.3 is 24.7 Å². The number of amides is 6. The monoisotopic (exact) mass is 506 g/mol. The number of ether oxygens (including phenoxy) is 1. The number of urea groups is 2. The van der Waals surface area contributed by atoms with Crippen LogP contribution in [-0.2, 0) is 11.3 Å². The van der Waals surface area contributed by atoms with Gasteiger partial charge in [-0.25, -0.2) is 14.6 Å². The summed E-state index contributed by atoms with van der Waals surface area (Å²) in [5, 5.41) is 8.39. The van der Waals surface area contributed by atoms with Crippen molar-refractivity contribution >= 4 is 40.7 Å². The van der Waals surface area contributed by atoms with E-state index in [2.05, 4.69) is 20.9 Å². The van der Waals surface area contributed by atoms with Crippen molar-refractivity contribution in [2.45, 2.75) is 25.9 Å². The summed E-state index contributed by atoms with van der Waals surface area (Å²) >= 11 is 0. The molecule has 0 aliphatic carbocycles. The van der Waals surface area contributed by atoms with Crippen LogP contribution in [0.15, 0.2) is 40.9 Å². The zero-order valence-electron chi connectivity index (χ0n) is 20.6. The number of nitrogens with one attached hydrogen (secondary N) is 3. The highest BCUT2D eigenvalue weighted by atomic mass is 16.5. The number of hydrogen-bond acceptors (Lipinski definition) is 7. The third-order valence-corrected chi connectivity index (χ3v) is 6.48. The molecule has 6 rings (SSSR count). The molecule has 1 aromatic carbocycles. The average Bonchev–Trinajstić information content (AvgIpc) is 3.60. The van der Waals surface area contributed by atoms with E-state index in [0.717, 1.165) is 22.3 Å². The summed E-state index contributed by atoms with van der Waals surface area (Å²) in [5.41, 5.74) is 1.12. The first kappa shape index (κ1) is 24.1. The lowest BCUT2D eigenvalue weighted by Gasteiger charge is -2.26. The molecule has 2 saturated heterocycles. The Labute approximate surface area is 211 Å². The van der Waals surface area contributed by atoms with E-state index >= 15 is 0 Å². The zero-order valence-corrected chi connectivity index (χ0v) is 20.6. The number of nitrogens with zero attached hydrogens (tertiary/aromatic N) is 3. The molecule has 0 unspecified atom stereocenters. The van der Waals surface area contributed by atoms with E-state index < -0.39 is 17.5 Å². The van der Waals surface area contributed by atoms with Gasteiger partial charge in [-0.2, -0.15) is 0 Å². The fraction of sp³-hybridized carbons (Fsp3) is 0.320. The maximum Gasteiger partial charge on any atom is 0.323 e. The highest BCUT2D eigenvalue weighted by Crippen LogP contribution is 2.29. The molecule has 192 valence electrons. The van der Waals surface area contributed by atoms with Gasteiger partial charge in [0.2, 0.25) is 0 Å². The molecule has 2 fully saturated rings. The standard InChI is InChI=1S/C14H15N3O4.C11H11N3O2/c1-14(12(19)15-13(20)16-14)7-17-6-8-3-4-9(21-2)5-10(8)11(17)18;1-7-6-8-9(16-7)2-3-12-10(8)14-5-4-13-11(14)15/h3-5H,6-7H2,1-2H3,(H2,15,16,19,20);2-3,6H,4-5H2,1H3,(H,13,15)/t14-;/m1./s1. The van der Waals surface area contributed by atoms with E-state index in [1.807, 2.05) is 19.1 Å².